The predicted octanol–water partition coefficient (Wildman–Crippen LogP) is 2.70. The van der Waals surface area contributed by atoms with Crippen molar-refractivity contribution in [2.75, 3.05) is 0 Å². The Morgan fingerprint density at radius 1 is 1.46 bits per heavy atom. The average Bonchev–Trinajstić information content (AvgIpc) is 3.13. The molecule has 5 nitrogen and oxygen atoms in total. The summed E-state index contributed by atoms with van der Waals surface area (Å²) in [5, 5.41) is 0. The molecule has 2 rings (SSSR count). The number of carbonyl (C=O) groups excluding carboxylic acids is 2. The molecule has 1 heterocycles. The number of hydrogen-bond donors (Lipinski definition) is 0. The van der Waals surface area contributed by atoms with Gasteiger partial charge in [0.15, 0.2) is 0 Å². The van der Waals surface area contributed by atoms with Gasteiger partial charge in [-0.1, -0.05) is 12.0 Å². The third kappa shape index (κ3) is 5.62. The molecule has 2 unspecified atom stereocenters. The third-order valence-corrected chi connectivity index (χ3v) is 3.50. The van der Waals surface area contributed by atoms with Crippen LogP contribution in [0, 0.1) is 24.2 Å². The summed E-state index contributed by atoms with van der Waals surface area (Å²) < 4.78 is 12.3. The minimum Gasteiger partial charge on any atom is -0.461 e. The molecule has 24 heavy (non-hydrogen) atoms. The number of ether oxygens (including phenoxy) is 2. The lowest BCUT2D eigenvalue weighted by Crippen LogP contribution is -2.22. The zero-order chi connectivity index (χ0) is 17.7. The molecule has 1 aliphatic carbocycles. The maximum atomic E-state index is 12.0. The minimum atomic E-state index is -0.515. The summed E-state index contributed by atoms with van der Waals surface area (Å²) in [5.41, 5.74) is 0.388. The highest BCUT2D eigenvalue weighted by molar-refractivity contribution is 5.83. The van der Waals surface area contributed by atoms with E-state index in [2.05, 4.69) is 5.92 Å². The Bertz CT molecular complexity index is 672. The number of allylic oxidation sites excluding steroid dienone is 1. The molecule has 1 aliphatic rings. The highest BCUT2D eigenvalue weighted by Gasteiger charge is 2.42. The Hall–Kier alpha value is -2.48. The maximum absolute atomic E-state index is 12.0. The first-order valence-corrected chi connectivity index (χ1v) is 7.94. The fourth-order valence-corrected chi connectivity index (χ4v) is 2.28. The molecular formula is C19H23NO4. The lowest BCUT2D eigenvalue weighted by molar-refractivity contribution is -0.149. The zero-order valence-corrected chi connectivity index (χ0v) is 14.3. The van der Waals surface area contributed by atoms with Crippen molar-refractivity contribution < 1.29 is 19.1 Å². The Labute approximate surface area is 142 Å². The van der Waals surface area contributed by atoms with Gasteiger partial charge in [-0.2, -0.15) is 0 Å². The third-order valence-electron chi connectivity index (χ3n) is 3.50. The van der Waals surface area contributed by atoms with Crippen LogP contribution in [0.4, 0.5) is 0 Å². The van der Waals surface area contributed by atoms with E-state index in [-0.39, 0.29) is 24.4 Å². The number of aromatic nitrogens is 1. The first-order valence-electron chi connectivity index (χ1n) is 7.94. The van der Waals surface area contributed by atoms with Crippen molar-refractivity contribution in [3.05, 3.63) is 36.2 Å². The minimum absolute atomic E-state index is 0.0519. The van der Waals surface area contributed by atoms with Gasteiger partial charge in [-0.25, -0.2) is 4.79 Å². The van der Waals surface area contributed by atoms with Crippen LogP contribution in [0.3, 0.4) is 0 Å². The van der Waals surface area contributed by atoms with Gasteiger partial charge in [-0.15, -0.1) is 6.42 Å². The molecule has 2 atom stereocenters. The largest absolute Gasteiger partial charge is 0.461 e. The van der Waals surface area contributed by atoms with Crippen molar-refractivity contribution in [2.24, 2.45) is 11.8 Å². The van der Waals surface area contributed by atoms with Gasteiger partial charge in [-0.05, 0) is 39.2 Å². The van der Waals surface area contributed by atoms with Gasteiger partial charge >= 0.3 is 11.9 Å². The van der Waals surface area contributed by atoms with E-state index < -0.39 is 11.6 Å². The second-order valence-electron chi connectivity index (χ2n) is 6.90. The van der Waals surface area contributed by atoms with E-state index in [0.29, 0.717) is 13.0 Å². The summed E-state index contributed by atoms with van der Waals surface area (Å²) in [6.07, 6.45) is 12.8. The Morgan fingerprint density at radius 3 is 2.88 bits per heavy atom. The first-order chi connectivity index (χ1) is 11.3. The fourth-order valence-electron chi connectivity index (χ4n) is 2.28. The number of rotatable bonds is 6. The second-order valence-corrected chi connectivity index (χ2v) is 6.90. The van der Waals surface area contributed by atoms with Crippen LogP contribution in [-0.4, -0.2) is 22.1 Å². The molecule has 0 amide bonds. The van der Waals surface area contributed by atoms with Gasteiger partial charge in [0, 0.05) is 24.0 Å². The normalized spacial score (nSPS) is 19.8. The van der Waals surface area contributed by atoms with Gasteiger partial charge in [0.2, 0.25) is 0 Å². The highest BCUT2D eigenvalue weighted by atomic mass is 16.6. The smallest absolute Gasteiger partial charge is 0.330 e. The van der Waals surface area contributed by atoms with E-state index >= 15 is 0 Å². The van der Waals surface area contributed by atoms with Crippen LogP contribution in [0.15, 0.2) is 30.6 Å². The van der Waals surface area contributed by atoms with Crippen LogP contribution >= 0.6 is 0 Å². The molecule has 1 aromatic rings. The number of esters is 2. The quantitative estimate of drug-likeness (QED) is 0.457. The Kier molecular flexibility index (Phi) is 5.50. The van der Waals surface area contributed by atoms with Crippen molar-refractivity contribution in [1.29, 1.82) is 0 Å². The first kappa shape index (κ1) is 17.9. The Morgan fingerprint density at radius 2 is 2.21 bits per heavy atom. The van der Waals surface area contributed by atoms with Crippen LogP contribution in [0.25, 0.3) is 0 Å². The van der Waals surface area contributed by atoms with Gasteiger partial charge in [0.25, 0.3) is 0 Å². The molecule has 0 N–H and O–H groups in total. The predicted molar refractivity (Wildman–Crippen MR) is 89.6 cm³/mol. The molecule has 0 radical (unpaired) electrons. The summed E-state index contributed by atoms with van der Waals surface area (Å²) >= 11 is 0. The SMILES string of the molecule is C#CCn1ccc(COC(=O)C2CC2C=CC(=O)OC(C)(C)C)c1. The molecular weight excluding hydrogens is 306 g/mol. The lowest BCUT2D eigenvalue weighted by Gasteiger charge is -2.17. The summed E-state index contributed by atoms with van der Waals surface area (Å²) in [4.78, 5) is 23.6. The van der Waals surface area contributed by atoms with E-state index in [0.717, 1.165) is 5.56 Å². The number of carbonyl (C=O) groups is 2. The average molecular weight is 329 g/mol. The molecule has 128 valence electrons. The summed E-state index contributed by atoms with van der Waals surface area (Å²) in [7, 11) is 0. The van der Waals surface area contributed by atoms with Crippen LogP contribution in [0.5, 0.6) is 0 Å². The van der Waals surface area contributed by atoms with Gasteiger partial charge in [0.05, 0.1) is 12.5 Å². The number of nitrogens with zero attached hydrogens (tertiary/aromatic N) is 1. The van der Waals surface area contributed by atoms with Crippen LogP contribution < -0.4 is 0 Å². The monoisotopic (exact) mass is 329 g/mol. The van der Waals surface area contributed by atoms with Crippen LogP contribution in [-0.2, 0) is 32.2 Å². The van der Waals surface area contributed by atoms with Crippen molar-refractivity contribution in [2.45, 2.75) is 45.9 Å². The van der Waals surface area contributed by atoms with E-state index in [1.807, 2.05) is 43.8 Å². The van der Waals surface area contributed by atoms with Crippen molar-refractivity contribution in [1.82, 2.24) is 4.57 Å². The molecule has 0 aliphatic heterocycles. The highest BCUT2D eigenvalue weighted by Crippen LogP contribution is 2.40. The number of hydrogen-bond acceptors (Lipinski definition) is 4. The maximum Gasteiger partial charge on any atom is 0.330 e. The lowest BCUT2D eigenvalue weighted by atomic mass is 10.2. The van der Waals surface area contributed by atoms with Gasteiger partial charge in [-0.3, -0.25) is 4.79 Å². The molecule has 5 heteroatoms. The van der Waals surface area contributed by atoms with Crippen LogP contribution in [0.2, 0.25) is 0 Å². The molecule has 1 saturated carbocycles. The molecule has 0 bridgehead atoms. The molecule has 0 spiro atoms. The second kappa shape index (κ2) is 7.39. The molecule has 1 aromatic heterocycles. The number of terminal acetylenes is 1. The molecule has 0 saturated heterocycles. The van der Waals surface area contributed by atoms with E-state index in [4.69, 9.17) is 15.9 Å². The van der Waals surface area contributed by atoms with Crippen molar-refractivity contribution >= 4 is 11.9 Å². The summed E-state index contributed by atoms with van der Waals surface area (Å²) in [5.74, 6) is 1.80. The van der Waals surface area contributed by atoms with E-state index in [9.17, 15) is 9.59 Å². The summed E-state index contributed by atoms with van der Waals surface area (Å²) in [6, 6.07) is 1.87. The van der Waals surface area contributed by atoms with Crippen molar-refractivity contribution in [3.63, 3.8) is 0 Å². The Balaban J connectivity index is 1.73. The summed E-state index contributed by atoms with van der Waals surface area (Å²) in [6.45, 7) is 6.16. The van der Waals surface area contributed by atoms with E-state index in [1.54, 1.807) is 6.08 Å². The van der Waals surface area contributed by atoms with Gasteiger partial charge in [0.1, 0.15) is 12.2 Å². The topological polar surface area (TPSA) is 57.5 Å². The van der Waals surface area contributed by atoms with Crippen molar-refractivity contribution in [3.8, 4) is 12.3 Å². The van der Waals surface area contributed by atoms with Crippen LogP contribution in [0.1, 0.15) is 32.8 Å². The standard InChI is InChI=1S/C19H23NO4/c1-5-9-20-10-8-14(12-20)13-23-18(22)16-11-15(16)6-7-17(21)24-19(2,3)4/h1,6-8,10,12,15-16H,9,11,13H2,2-4H3. The van der Waals surface area contributed by atoms with Gasteiger partial charge < -0.3 is 14.0 Å². The zero-order valence-electron chi connectivity index (χ0n) is 14.3. The molecule has 1 fully saturated rings. The van der Waals surface area contributed by atoms with E-state index in [1.165, 1.54) is 6.08 Å². The molecule has 0 aromatic carbocycles. The fraction of sp³-hybridized carbons (Fsp3) is 0.474.